The summed E-state index contributed by atoms with van der Waals surface area (Å²) in [6.07, 6.45) is 15.6. The average molecular weight is 235 g/mol. The molecule has 2 heteroatoms. The van der Waals surface area contributed by atoms with Crippen molar-refractivity contribution < 1.29 is 4.79 Å². The van der Waals surface area contributed by atoms with E-state index in [1.54, 1.807) is 0 Å². The molecule has 0 aliphatic carbocycles. The van der Waals surface area contributed by atoms with Gasteiger partial charge in [-0.05, 0) is 38.5 Å². The second-order valence-electron chi connectivity index (χ2n) is 4.92. The van der Waals surface area contributed by atoms with Crippen LogP contribution in [0.25, 0.3) is 0 Å². The van der Waals surface area contributed by atoms with Gasteiger partial charge in [-0.15, -0.1) is 0 Å². The molecule has 0 aromatic carbocycles. The Hall–Kier alpha value is -1.05. The molecule has 1 heterocycles. The van der Waals surface area contributed by atoms with E-state index in [0.717, 1.165) is 32.2 Å². The Balaban J connectivity index is 2.51. The lowest BCUT2D eigenvalue weighted by Crippen LogP contribution is -2.31. The molecular weight excluding hydrogens is 210 g/mol. The zero-order valence-corrected chi connectivity index (χ0v) is 11.2. The predicted molar refractivity (Wildman–Crippen MR) is 72.8 cm³/mol. The van der Waals surface area contributed by atoms with Gasteiger partial charge in [0.2, 0.25) is 5.91 Å². The molecule has 0 aromatic rings. The standard InChI is InChI=1S/C15H25NO/c1-14-12-10-8-6-4-3-5-7-9-11-13-16(2)15(14)17/h4,6,9,11,14H,3,5,7-8,10,12-13H2,1-2H3/b6-4+,11-9-. The molecular formula is C15H25NO. The number of hydrogen-bond donors (Lipinski definition) is 0. The first-order chi connectivity index (χ1) is 8.22. The second-order valence-corrected chi connectivity index (χ2v) is 4.92. The number of carbonyl (C=O) groups is 1. The Morgan fingerprint density at radius 1 is 1.06 bits per heavy atom. The first-order valence-electron chi connectivity index (χ1n) is 6.77. The molecule has 0 bridgehead atoms. The minimum atomic E-state index is 0.157. The third kappa shape index (κ3) is 5.71. The highest BCUT2D eigenvalue weighted by atomic mass is 16.2. The minimum absolute atomic E-state index is 0.157. The Morgan fingerprint density at radius 2 is 1.65 bits per heavy atom. The summed E-state index contributed by atoms with van der Waals surface area (Å²) in [6.45, 7) is 2.79. The zero-order valence-electron chi connectivity index (χ0n) is 11.2. The van der Waals surface area contributed by atoms with Crippen molar-refractivity contribution in [1.29, 1.82) is 0 Å². The average Bonchev–Trinajstić information content (AvgIpc) is 2.33. The van der Waals surface area contributed by atoms with Crippen molar-refractivity contribution >= 4 is 5.91 Å². The van der Waals surface area contributed by atoms with E-state index in [1.807, 2.05) is 18.9 Å². The third-order valence-electron chi connectivity index (χ3n) is 3.26. The van der Waals surface area contributed by atoms with E-state index in [9.17, 15) is 4.79 Å². The highest BCUT2D eigenvalue weighted by molar-refractivity contribution is 5.78. The smallest absolute Gasteiger partial charge is 0.225 e. The van der Waals surface area contributed by atoms with Gasteiger partial charge >= 0.3 is 0 Å². The second kappa shape index (κ2) is 8.10. The van der Waals surface area contributed by atoms with Gasteiger partial charge in [-0.1, -0.05) is 31.2 Å². The minimum Gasteiger partial charge on any atom is -0.342 e. The van der Waals surface area contributed by atoms with Crippen molar-refractivity contribution in [3.05, 3.63) is 24.3 Å². The summed E-state index contributed by atoms with van der Waals surface area (Å²) in [5.74, 6) is 0.431. The van der Waals surface area contributed by atoms with Gasteiger partial charge in [0.15, 0.2) is 0 Å². The number of hydrogen-bond acceptors (Lipinski definition) is 1. The summed E-state index contributed by atoms with van der Waals surface area (Å²) < 4.78 is 0. The number of allylic oxidation sites excluding steroid dienone is 3. The van der Waals surface area contributed by atoms with Crippen molar-refractivity contribution in [3.63, 3.8) is 0 Å². The lowest BCUT2D eigenvalue weighted by molar-refractivity contribution is -0.133. The van der Waals surface area contributed by atoms with E-state index in [-0.39, 0.29) is 11.8 Å². The van der Waals surface area contributed by atoms with Crippen LogP contribution in [-0.4, -0.2) is 24.4 Å². The Kier molecular flexibility index (Phi) is 6.68. The molecule has 2 nitrogen and oxygen atoms in total. The van der Waals surface area contributed by atoms with Crippen LogP contribution in [0.5, 0.6) is 0 Å². The molecule has 1 rings (SSSR count). The molecule has 1 unspecified atom stereocenters. The number of nitrogens with zero attached hydrogens (tertiary/aromatic N) is 1. The number of amides is 1. The molecule has 0 radical (unpaired) electrons. The van der Waals surface area contributed by atoms with Crippen LogP contribution in [0.2, 0.25) is 0 Å². The summed E-state index contributed by atoms with van der Waals surface area (Å²) in [7, 11) is 1.90. The van der Waals surface area contributed by atoms with Gasteiger partial charge in [-0.2, -0.15) is 0 Å². The first-order valence-corrected chi connectivity index (χ1v) is 6.77. The Bertz CT molecular complexity index is 281. The molecule has 96 valence electrons. The number of carbonyl (C=O) groups excluding carboxylic acids is 1. The molecule has 0 saturated carbocycles. The van der Waals surface area contributed by atoms with Crippen molar-refractivity contribution in [2.75, 3.05) is 13.6 Å². The van der Waals surface area contributed by atoms with Gasteiger partial charge in [0.25, 0.3) is 0 Å². The molecule has 0 N–H and O–H groups in total. The highest BCUT2D eigenvalue weighted by Crippen LogP contribution is 2.12. The van der Waals surface area contributed by atoms with Gasteiger partial charge < -0.3 is 4.90 Å². The largest absolute Gasteiger partial charge is 0.342 e. The monoisotopic (exact) mass is 235 g/mol. The topological polar surface area (TPSA) is 20.3 Å². The third-order valence-corrected chi connectivity index (χ3v) is 3.26. The lowest BCUT2D eigenvalue weighted by Gasteiger charge is -2.20. The number of rotatable bonds is 0. The number of likely N-dealkylation sites (N-methyl/N-ethyl adjacent to an activating group) is 1. The van der Waals surface area contributed by atoms with Crippen LogP contribution in [0.1, 0.15) is 45.4 Å². The van der Waals surface area contributed by atoms with E-state index in [0.29, 0.717) is 0 Å². The summed E-state index contributed by atoms with van der Waals surface area (Å²) in [6, 6.07) is 0. The van der Waals surface area contributed by atoms with Crippen LogP contribution in [0, 0.1) is 5.92 Å². The molecule has 1 amide bonds. The summed E-state index contributed by atoms with van der Waals surface area (Å²) in [5.41, 5.74) is 0. The maximum absolute atomic E-state index is 12.0. The Morgan fingerprint density at radius 3 is 2.35 bits per heavy atom. The molecule has 0 aromatic heterocycles. The summed E-state index contributed by atoms with van der Waals surface area (Å²) >= 11 is 0. The van der Waals surface area contributed by atoms with Crippen LogP contribution in [0.4, 0.5) is 0 Å². The van der Waals surface area contributed by atoms with Gasteiger partial charge in [0.05, 0.1) is 0 Å². The fourth-order valence-corrected chi connectivity index (χ4v) is 2.07. The maximum atomic E-state index is 12.0. The Labute approximate surface area is 105 Å². The fourth-order valence-electron chi connectivity index (χ4n) is 2.07. The van der Waals surface area contributed by atoms with E-state index in [2.05, 4.69) is 24.3 Å². The highest BCUT2D eigenvalue weighted by Gasteiger charge is 2.15. The van der Waals surface area contributed by atoms with Crippen LogP contribution in [-0.2, 0) is 4.79 Å². The normalized spacial score (nSPS) is 28.5. The van der Waals surface area contributed by atoms with Crippen LogP contribution in [0.3, 0.4) is 0 Å². The fraction of sp³-hybridized carbons (Fsp3) is 0.667. The van der Waals surface area contributed by atoms with E-state index in [1.165, 1.54) is 12.8 Å². The van der Waals surface area contributed by atoms with Crippen LogP contribution in [0.15, 0.2) is 24.3 Å². The zero-order chi connectivity index (χ0) is 12.5. The first kappa shape index (κ1) is 14.0. The van der Waals surface area contributed by atoms with E-state index in [4.69, 9.17) is 0 Å². The molecule has 0 fully saturated rings. The van der Waals surface area contributed by atoms with Crippen molar-refractivity contribution in [2.45, 2.75) is 45.4 Å². The maximum Gasteiger partial charge on any atom is 0.225 e. The molecule has 1 aliphatic rings. The van der Waals surface area contributed by atoms with Crippen LogP contribution < -0.4 is 0 Å². The van der Waals surface area contributed by atoms with E-state index < -0.39 is 0 Å². The molecule has 0 saturated heterocycles. The van der Waals surface area contributed by atoms with Gasteiger partial charge in [-0.3, -0.25) is 4.79 Å². The van der Waals surface area contributed by atoms with Crippen molar-refractivity contribution in [1.82, 2.24) is 4.90 Å². The van der Waals surface area contributed by atoms with Gasteiger partial charge in [0.1, 0.15) is 0 Å². The molecule has 0 spiro atoms. The van der Waals surface area contributed by atoms with Gasteiger partial charge in [0, 0.05) is 19.5 Å². The predicted octanol–water partition coefficient (Wildman–Crippen LogP) is 3.55. The van der Waals surface area contributed by atoms with Crippen molar-refractivity contribution in [3.8, 4) is 0 Å². The van der Waals surface area contributed by atoms with Gasteiger partial charge in [-0.25, -0.2) is 0 Å². The summed E-state index contributed by atoms with van der Waals surface area (Å²) in [5, 5.41) is 0. The SMILES string of the molecule is CC1CCC/C=C/CCC/C=C\CN(C)C1=O. The summed E-state index contributed by atoms with van der Waals surface area (Å²) in [4.78, 5) is 13.8. The van der Waals surface area contributed by atoms with Crippen LogP contribution >= 0.6 is 0 Å². The molecule has 1 aliphatic heterocycles. The molecule has 1 atom stereocenters. The lowest BCUT2D eigenvalue weighted by atomic mass is 10.0. The quantitative estimate of drug-likeness (QED) is 0.588. The molecule has 17 heavy (non-hydrogen) atoms. The van der Waals surface area contributed by atoms with Crippen molar-refractivity contribution in [2.24, 2.45) is 5.92 Å². The van der Waals surface area contributed by atoms with E-state index >= 15 is 0 Å².